The van der Waals surface area contributed by atoms with Crippen LogP contribution in [0.15, 0.2) is 23.3 Å². The molecule has 1 N–H and O–H groups in total. The van der Waals surface area contributed by atoms with Gasteiger partial charge < -0.3 is 5.41 Å². The fourth-order valence-electron chi connectivity index (χ4n) is 1.07. The molecule has 0 aliphatic rings. The van der Waals surface area contributed by atoms with E-state index < -0.39 is 0 Å². The molecule has 0 aliphatic heterocycles. The Morgan fingerprint density at radius 2 is 1.38 bits per heavy atom. The lowest BCUT2D eigenvalue weighted by Crippen LogP contribution is -2.12. The maximum absolute atomic E-state index is 7.80. The minimum atomic E-state index is 0.145. The van der Waals surface area contributed by atoms with E-state index >= 15 is 0 Å². The monoisotopic (exact) mass is 223 g/mol. The summed E-state index contributed by atoms with van der Waals surface area (Å²) in [5, 5.41) is 7.80. The largest absolute Gasteiger partial charge is 0.300 e. The molecule has 94 valence electrons. The number of hydrogen-bond acceptors (Lipinski definition) is 1. The third-order valence-electron chi connectivity index (χ3n) is 2.49. The van der Waals surface area contributed by atoms with Crippen LogP contribution in [0.3, 0.4) is 0 Å². The van der Waals surface area contributed by atoms with Crippen LogP contribution in [0.5, 0.6) is 0 Å². The molecule has 0 unspecified atom stereocenters. The van der Waals surface area contributed by atoms with E-state index in [2.05, 4.69) is 48.1 Å². The molecular formula is C15H29N. The first-order valence-corrected chi connectivity index (χ1v) is 6.02. The second-order valence-electron chi connectivity index (χ2n) is 5.36. The van der Waals surface area contributed by atoms with Crippen LogP contribution in [0.4, 0.5) is 0 Å². The van der Waals surface area contributed by atoms with Gasteiger partial charge in [-0.05, 0) is 37.3 Å². The highest BCUT2D eigenvalue weighted by Crippen LogP contribution is 2.28. The molecular weight excluding hydrogens is 194 g/mol. The summed E-state index contributed by atoms with van der Waals surface area (Å²) in [4.78, 5) is 0. The summed E-state index contributed by atoms with van der Waals surface area (Å²) >= 11 is 0. The van der Waals surface area contributed by atoms with Gasteiger partial charge in [-0.1, -0.05) is 53.2 Å². The molecule has 0 bridgehead atoms. The molecule has 0 saturated carbocycles. The Balaban J connectivity index is 0. The highest BCUT2D eigenvalue weighted by Gasteiger charge is 2.16. The Morgan fingerprint density at radius 3 is 1.56 bits per heavy atom. The summed E-state index contributed by atoms with van der Waals surface area (Å²) in [5.41, 5.74) is 3.88. The highest BCUT2D eigenvalue weighted by atomic mass is 14.4. The number of rotatable bonds is 2. The first-order chi connectivity index (χ1) is 7.09. The van der Waals surface area contributed by atoms with Gasteiger partial charge in [-0.3, -0.25) is 0 Å². The van der Waals surface area contributed by atoms with Gasteiger partial charge in [0.2, 0.25) is 0 Å². The van der Waals surface area contributed by atoms with Gasteiger partial charge in [-0.25, -0.2) is 0 Å². The Bertz CT molecular complexity index is 274. The normalized spacial score (nSPS) is 12.2. The first-order valence-electron chi connectivity index (χ1n) is 6.02. The molecule has 0 spiro atoms. The molecule has 16 heavy (non-hydrogen) atoms. The highest BCUT2D eigenvalue weighted by molar-refractivity contribution is 6.09. The number of nitrogens with one attached hydrogen (secondary N) is 1. The topological polar surface area (TPSA) is 23.9 Å². The van der Waals surface area contributed by atoms with Crippen LogP contribution in [0.1, 0.15) is 61.8 Å². The van der Waals surface area contributed by atoms with Crippen LogP contribution in [-0.2, 0) is 0 Å². The Kier molecular flexibility index (Phi) is 8.14. The molecule has 0 saturated heterocycles. The SMILES string of the molecule is C=C(C)C(=N)/C(C)=C(\C)C(C)(C)C.CCC. The van der Waals surface area contributed by atoms with E-state index in [0.717, 1.165) is 11.1 Å². The van der Waals surface area contributed by atoms with Gasteiger partial charge >= 0.3 is 0 Å². The predicted molar refractivity (Wildman–Crippen MR) is 76.3 cm³/mol. The van der Waals surface area contributed by atoms with Gasteiger partial charge in [0.15, 0.2) is 0 Å². The summed E-state index contributed by atoms with van der Waals surface area (Å²) in [6, 6.07) is 0. The lowest BCUT2D eigenvalue weighted by Gasteiger charge is -2.22. The van der Waals surface area contributed by atoms with Crippen molar-refractivity contribution in [1.82, 2.24) is 0 Å². The quantitative estimate of drug-likeness (QED) is 0.608. The van der Waals surface area contributed by atoms with Crippen molar-refractivity contribution in [2.45, 2.75) is 61.8 Å². The summed E-state index contributed by atoms with van der Waals surface area (Å²) in [6.45, 7) is 20.5. The third kappa shape index (κ3) is 6.60. The molecule has 0 radical (unpaired) electrons. The van der Waals surface area contributed by atoms with E-state index in [9.17, 15) is 0 Å². The van der Waals surface area contributed by atoms with Crippen LogP contribution < -0.4 is 0 Å². The van der Waals surface area contributed by atoms with Crippen LogP contribution >= 0.6 is 0 Å². The fraction of sp³-hybridized carbons (Fsp3) is 0.667. The van der Waals surface area contributed by atoms with Crippen LogP contribution in [0, 0.1) is 10.8 Å². The molecule has 1 nitrogen and oxygen atoms in total. The smallest absolute Gasteiger partial charge is 0.0591 e. The van der Waals surface area contributed by atoms with E-state index in [0.29, 0.717) is 5.71 Å². The average molecular weight is 223 g/mol. The summed E-state index contributed by atoms with van der Waals surface area (Å²) < 4.78 is 0. The van der Waals surface area contributed by atoms with Crippen LogP contribution in [0.25, 0.3) is 0 Å². The number of allylic oxidation sites excluding steroid dienone is 3. The van der Waals surface area contributed by atoms with Crippen molar-refractivity contribution in [1.29, 1.82) is 5.41 Å². The van der Waals surface area contributed by atoms with E-state index in [1.54, 1.807) is 0 Å². The molecule has 0 aliphatic carbocycles. The molecule has 0 aromatic carbocycles. The van der Waals surface area contributed by atoms with Crippen molar-refractivity contribution < 1.29 is 0 Å². The Labute approximate surface area is 102 Å². The third-order valence-corrected chi connectivity index (χ3v) is 2.49. The summed E-state index contributed by atoms with van der Waals surface area (Å²) in [7, 11) is 0. The molecule has 0 heterocycles. The van der Waals surface area contributed by atoms with E-state index in [-0.39, 0.29) is 5.41 Å². The van der Waals surface area contributed by atoms with Crippen molar-refractivity contribution in [2.24, 2.45) is 5.41 Å². The van der Waals surface area contributed by atoms with E-state index in [1.165, 1.54) is 12.0 Å². The minimum absolute atomic E-state index is 0.145. The fourth-order valence-corrected chi connectivity index (χ4v) is 1.07. The molecule has 0 amide bonds. The van der Waals surface area contributed by atoms with E-state index in [1.807, 2.05) is 13.8 Å². The van der Waals surface area contributed by atoms with E-state index in [4.69, 9.17) is 5.41 Å². The minimum Gasteiger partial charge on any atom is -0.300 e. The van der Waals surface area contributed by atoms with Crippen LogP contribution in [0.2, 0.25) is 0 Å². The van der Waals surface area contributed by atoms with Gasteiger partial charge in [-0.2, -0.15) is 0 Å². The standard InChI is InChI=1S/C12H21N.C3H8/c1-8(2)11(13)9(3)10(4)12(5,6)7;1-3-2/h13H,1H2,2-7H3;3H2,1-2H3/b10-9+,13-11?;. The van der Waals surface area contributed by atoms with Gasteiger partial charge in [0, 0.05) is 0 Å². The summed E-state index contributed by atoms with van der Waals surface area (Å²) in [5.74, 6) is 0. The maximum Gasteiger partial charge on any atom is 0.0591 e. The lowest BCUT2D eigenvalue weighted by molar-refractivity contribution is 0.501. The predicted octanol–water partition coefficient (Wildman–Crippen LogP) is 5.38. The second-order valence-corrected chi connectivity index (χ2v) is 5.36. The second kappa shape index (κ2) is 7.43. The van der Waals surface area contributed by atoms with Crippen LogP contribution in [-0.4, -0.2) is 5.71 Å². The van der Waals surface area contributed by atoms with Gasteiger partial charge in [0.1, 0.15) is 0 Å². The molecule has 1 heteroatoms. The zero-order valence-electron chi connectivity index (χ0n) is 12.4. The molecule has 0 aromatic rings. The Morgan fingerprint density at radius 1 is 1.06 bits per heavy atom. The molecule has 0 fully saturated rings. The maximum atomic E-state index is 7.80. The van der Waals surface area contributed by atoms with Gasteiger partial charge in [0.05, 0.1) is 5.71 Å². The lowest BCUT2D eigenvalue weighted by atomic mass is 9.83. The zero-order valence-corrected chi connectivity index (χ0v) is 12.4. The first kappa shape index (κ1) is 17.5. The van der Waals surface area contributed by atoms with Crippen molar-refractivity contribution in [2.75, 3.05) is 0 Å². The Hall–Kier alpha value is -0.850. The molecule has 0 rings (SSSR count). The van der Waals surface area contributed by atoms with Crippen molar-refractivity contribution in [3.05, 3.63) is 23.3 Å². The number of hydrogen-bond donors (Lipinski definition) is 1. The summed E-state index contributed by atoms with van der Waals surface area (Å²) in [6.07, 6.45) is 1.25. The van der Waals surface area contributed by atoms with Crippen molar-refractivity contribution in [3.8, 4) is 0 Å². The zero-order chi connectivity index (χ0) is 13.5. The van der Waals surface area contributed by atoms with Gasteiger partial charge in [-0.15, -0.1) is 0 Å². The van der Waals surface area contributed by atoms with Crippen molar-refractivity contribution in [3.63, 3.8) is 0 Å². The van der Waals surface area contributed by atoms with Crippen molar-refractivity contribution >= 4 is 5.71 Å². The molecule has 0 aromatic heterocycles. The average Bonchev–Trinajstić information content (AvgIpc) is 2.14. The molecule has 0 atom stereocenters. The van der Waals surface area contributed by atoms with Gasteiger partial charge in [0.25, 0.3) is 0 Å².